The number of carbonyl (C=O) groups is 4. The Kier molecular flexibility index (Phi) is 32.1. The highest BCUT2D eigenvalue weighted by Gasteiger charge is 2.44. The molecule has 3 heterocycles. The fourth-order valence-electron chi connectivity index (χ4n) is 9.10. The molecule has 0 aliphatic carbocycles. The number of phosphoric acid groups is 3. The molecule has 5 atom stereocenters. The molecule has 0 bridgehead atoms. The maximum atomic E-state index is 13.5. The number of phosphoric ester groups is 1. The van der Waals surface area contributed by atoms with Crippen molar-refractivity contribution in [2.75, 3.05) is 102 Å². The van der Waals surface area contributed by atoms with Crippen molar-refractivity contribution in [3.05, 3.63) is 119 Å². The van der Waals surface area contributed by atoms with Crippen LogP contribution in [0.5, 0.6) is 11.5 Å². The van der Waals surface area contributed by atoms with Gasteiger partial charge in [0.15, 0.2) is 0 Å². The van der Waals surface area contributed by atoms with E-state index in [2.05, 4.69) is 53.3 Å². The van der Waals surface area contributed by atoms with E-state index < -0.39 is 83.8 Å². The molecule has 3 aromatic carbocycles. The van der Waals surface area contributed by atoms with Gasteiger partial charge in [-0.05, 0) is 112 Å². The Morgan fingerprint density at radius 1 is 0.794 bits per heavy atom. The number of amides is 3. The van der Waals surface area contributed by atoms with E-state index in [-0.39, 0.29) is 93.1 Å². The fourth-order valence-corrected chi connectivity index (χ4v) is 15.7. The van der Waals surface area contributed by atoms with Crippen molar-refractivity contribution in [1.29, 1.82) is 0 Å². The molecule has 0 radical (unpaired) electrons. The minimum absolute atomic E-state index is 0.0267. The number of H-pyrrole nitrogens is 1. The number of carbonyl (C=O) groups excluding carboxylic acids is 3. The molecule has 0 saturated carbocycles. The van der Waals surface area contributed by atoms with Gasteiger partial charge in [-0.25, -0.2) is 32.9 Å². The van der Waals surface area contributed by atoms with Crippen LogP contribution in [0.15, 0.2) is 58.3 Å². The zero-order valence-electron chi connectivity index (χ0n) is 53.8. The van der Waals surface area contributed by atoms with Gasteiger partial charge in [0.05, 0.1) is 64.5 Å². The second kappa shape index (κ2) is 38.8. The van der Waals surface area contributed by atoms with Crippen LogP contribution >= 0.6 is 66.6 Å². The summed E-state index contributed by atoms with van der Waals surface area (Å²) >= 11 is 0. The highest BCUT2D eigenvalue weighted by molar-refractivity contribution is 8.77. The predicted octanol–water partition coefficient (Wildman–Crippen LogP) is 6.99. The first-order valence-electron chi connectivity index (χ1n) is 30.0. The van der Waals surface area contributed by atoms with E-state index in [1.165, 1.54) is 44.5 Å². The number of hydrogen-bond acceptors (Lipinski definition) is 25. The van der Waals surface area contributed by atoms with Crippen molar-refractivity contribution >= 4 is 109 Å². The number of fused-ring (bicyclic) bond motifs is 2. The SMILES string of the molecule is C=c1cc2c(cc1C)=C(c1cc(C(=O)NCCOCCOCCNC(=O)OCCC(C)(C)SSCOCCCCOC(=O)NCC#Cc3cn([C@H]4C[C@H](OCSSCC)[C@@H](COP(=O)(O)OP(=O)(O)OP(=O)(O)O)O4)c(=O)[nH]c3=O)ccc1C(=O)O)c1cc(C)c(NCC)cc1O2. The third kappa shape index (κ3) is 26.7. The molecule has 10 N–H and O–H groups in total. The molecular weight excluding hydrogens is 1410 g/mol. The van der Waals surface area contributed by atoms with Gasteiger partial charge in [-0.15, -0.1) is 0 Å². The van der Waals surface area contributed by atoms with E-state index in [0.29, 0.717) is 71.8 Å². The molecule has 2 unspecified atom stereocenters. The summed E-state index contributed by atoms with van der Waals surface area (Å²) in [5.41, 5.74) is 2.71. The number of hydrogen-bond donors (Lipinski definition) is 10. The normalized spacial score (nSPS) is 16.3. The quantitative estimate of drug-likeness (QED) is 0.00620. The molecule has 4 aromatic rings. The van der Waals surface area contributed by atoms with Crippen LogP contribution in [0.25, 0.3) is 12.2 Å². The molecule has 2 aliphatic heterocycles. The number of benzene rings is 3. The summed E-state index contributed by atoms with van der Waals surface area (Å²) < 4.78 is 93.7. The second-order valence-corrected chi connectivity index (χ2v) is 31.7. The van der Waals surface area contributed by atoms with Crippen LogP contribution < -0.4 is 47.7 Å². The predicted molar refractivity (Wildman–Crippen MR) is 365 cm³/mol. The Morgan fingerprint density at radius 3 is 2.22 bits per heavy atom. The maximum Gasteiger partial charge on any atom is 0.490 e. The van der Waals surface area contributed by atoms with Gasteiger partial charge in [0, 0.05) is 83.0 Å². The summed E-state index contributed by atoms with van der Waals surface area (Å²) in [5.74, 6) is 5.87. The molecule has 0 spiro atoms. The number of alkyl carbamates (subject to hydrolysis) is 2. The number of aromatic amines is 1. The zero-order chi connectivity index (χ0) is 70.9. The first kappa shape index (κ1) is 80.3. The van der Waals surface area contributed by atoms with Gasteiger partial charge in [-0.2, -0.15) is 8.62 Å². The summed E-state index contributed by atoms with van der Waals surface area (Å²) in [6.45, 7) is 17.4. The van der Waals surface area contributed by atoms with Gasteiger partial charge in [0.1, 0.15) is 41.3 Å². The molecule has 38 heteroatoms. The van der Waals surface area contributed by atoms with E-state index >= 15 is 0 Å². The molecule has 1 fully saturated rings. The fraction of sp³-hybridized carbons (Fsp3) is 0.492. The van der Waals surface area contributed by atoms with Crippen LogP contribution in [0.2, 0.25) is 0 Å². The van der Waals surface area contributed by atoms with Gasteiger partial charge in [0.2, 0.25) is 0 Å². The molecule has 534 valence electrons. The Morgan fingerprint density at radius 2 is 1.51 bits per heavy atom. The molecule has 2 aliphatic rings. The van der Waals surface area contributed by atoms with Crippen LogP contribution in [0.1, 0.15) is 108 Å². The van der Waals surface area contributed by atoms with Crippen molar-refractivity contribution in [2.24, 2.45) is 0 Å². The number of carboxylic acids is 1. The van der Waals surface area contributed by atoms with Gasteiger partial charge in [-0.1, -0.05) is 68.5 Å². The molecule has 1 saturated heterocycles. The minimum atomic E-state index is -5.80. The van der Waals surface area contributed by atoms with Crippen LogP contribution in [0.3, 0.4) is 0 Å². The lowest BCUT2D eigenvalue weighted by atomic mass is 9.87. The molecule has 97 heavy (non-hydrogen) atoms. The maximum absolute atomic E-state index is 13.5. The number of rotatable bonds is 40. The minimum Gasteiger partial charge on any atom is -0.478 e. The van der Waals surface area contributed by atoms with E-state index in [0.717, 1.165) is 38.5 Å². The summed E-state index contributed by atoms with van der Waals surface area (Å²) in [4.78, 5) is 115. The average molecular weight is 1490 g/mol. The number of nitrogens with zero attached hydrogens (tertiary/aromatic N) is 1. The Labute approximate surface area is 574 Å². The highest BCUT2D eigenvalue weighted by atomic mass is 33.1. The number of aryl methyl sites for hydroxylation is 2. The Bertz CT molecular complexity index is 3870. The summed E-state index contributed by atoms with van der Waals surface area (Å²) in [6, 6.07) is 12.1. The van der Waals surface area contributed by atoms with Crippen LogP contribution in [0.4, 0.5) is 15.3 Å². The average Bonchev–Trinajstić information content (AvgIpc) is 1.21. The number of ether oxygens (including phenoxy) is 8. The third-order valence-electron chi connectivity index (χ3n) is 13.7. The summed E-state index contributed by atoms with van der Waals surface area (Å²) in [5, 5.41) is 23.1. The topological polar surface area (TPSA) is 425 Å². The number of nitrogens with one attached hydrogen (secondary N) is 5. The van der Waals surface area contributed by atoms with Gasteiger partial charge in [-0.3, -0.25) is 23.7 Å². The van der Waals surface area contributed by atoms with E-state index in [4.69, 9.17) is 52.2 Å². The molecule has 1 aromatic heterocycles. The molecular formula is C59H79N6O25P3S4. The monoisotopic (exact) mass is 1490 g/mol. The first-order chi connectivity index (χ1) is 46.0. The smallest absolute Gasteiger partial charge is 0.478 e. The van der Waals surface area contributed by atoms with E-state index in [9.17, 15) is 57.4 Å². The van der Waals surface area contributed by atoms with Gasteiger partial charge in [0.25, 0.3) is 11.5 Å². The lowest BCUT2D eigenvalue weighted by Crippen LogP contribution is -2.34. The number of carboxylic acid groups (broad SMARTS) is 1. The van der Waals surface area contributed by atoms with Gasteiger partial charge < -0.3 is 83.8 Å². The summed E-state index contributed by atoms with van der Waals surface area (Å²) in [6.07, 6.45) is -2.05. The van der Waals surface area contributed by atoms with Crippen LogP contribution in [0, 0.1) is 25.7 Å². The van der Waals surface area contributed by atoms with E-state index in [1.807, 2.05) is 65.8 Å². The molecule has 6 rings (SSSR count). The largest absolute Gasteiger partial charge is 0.490 e. The Balaban J connectivity index is 0.791. The van der Waals surface area contributed by atoms with Crippen molar-refractivity contribution < 1.29 is 109 Å². The van der Waals surface area contributed by atoms with Crippen molar-refractivity contribution in [3.8, 4) is 23.3 Å². The van der Waals surface area contributed by atoms with Crippen LogP contribution in [-0.4, -0.2) is 172 Å². The number of anilines is 1. The summed E-state index contributed by atoms with van der Waals surface area (Å²) in [7, 11) is -11.1. The lowest BCUT2D eigenvalue weighted by molar-refractivity contribution is -0.0543. The zero-order valence-corrected chi connectivity index (χ0v) is 59.8. The Hall–Kier alpha value is -5.67. The number of unbranched alkanes of at least 4 members (excludes halogenated alkanes) is 1. The van der Waals surface area contributed by atoms with Crippen molar-refractivity contribution in [2.45, 2.75) is 90.4 Å². The van der Waals surface area contributed by atoms with Crippen molar-refractivity contribution in [1.82, 2.24) is 25.5 Å². The van der Waals surface area contributed by atoms with Gasteiger partial charge >= 0.3 is 47.3 Å². The van der Waals surface area contributed by atoms with Crippen LogP contribution in [-0.2, 0) is 60.0 Å². The third-order valence-corrected chi connectivity index (χ3v) is 22.7. The molecule has 3 amide bonds. The second-order valence-electron chi connectivity index (χ2n) is 21.6. The lowest BCUT2D eigenvalue weighted by Gasteiger charge is -2.24. The number of aromatic carboxylic acids is 1. The molecule has 31 nitrogen and oxygen atoms in total. The number of aromatic nitrogens is 2. The highest BCUT2D eigenvalue weighted by Crippen LogP contribution is 2.66. The van der Waals surface area contributed by atoms with Crippen molar-refractivity contribution in [3.63, 3.8) is 0 Å². The van der Waals surface area contributed by atoms with E-state index in [1.54, 1.807) is 16.9 Å². The first-order valence-corrected chi connectivity index (χ1v) is 39.4. The standard InChI is InChI=1S/C59H79N6O25P3S4/c1-8-60-46-31-48-45(28-39(46)5)52(44-27-37(3)38(4)29-47(44)87-48)43-30-40(14-15-42(43)55(68)69)53(66)61-18-23-80-25-26-81-24-19-63-58(72)84-22-16-59(6,7)97-96-35-82-20-10-11-21-83-57(71)62-17-12-13-41-33-65(56(70)64-54(41)67)51-32-49(85-36-95-94-9-2)50(88-51)34-86-92(76,77)90-93(78,79)89-91(73,74)75/h14-15,27-31,33,49-51,60H,4,8-11,16-26,32,34-36H2,1-3,5-7H3,(H,61,66)(H,62,71)(H,63,72)(H,68,69)(H,76,77)(H,78,79)(H,64,67,70)(H2,73,74,75)/t49-,50+,51+/m0/s1.